The first-order valence-electron chi connectivity index (χ1n) is 19.7. The molecule has 0 N–H and O–H groups in total. The quantitative estimate of drug-likeness (QED) is 0.0737. The Labute approximate surface area is 323 Å². The highest BCUT2D eigenvalue weighted by atomic mass is 79.9. The Morgan fingerprint density at radius 2 is 0.700 bits per heavy atom. The Balaban J connectivity index is 1.66. The molecule has 0 saturated carbocycles. The van der Waals surface area contributed by atoms with E-state index in [9.17, 15) is 0 Å². The summed E-state index contributed by atoms with van der Waals surface area (Å²) in [6.07, 6.45) is 20.7. The summed E-state index contributed by atoms with van der Waals surface area (Å²) in [6.45, 7) is 13.7. The number of hydrogen-bond donors (Lipinski definition) is 0. The van der Waals surface area contributed by atoms with Gasteiger partial charge in [0.25, 0.3) is 0 Å². The van der Waals surface area contributed by atoms with Gasteiger partial charge in [-0.3, -0.25) is 0 Å². The molecule has 0 unspecified atom stereocenters. The first kappa shape index (κ1) is 41.8. The number of halogens is 2. The van der Waals surface area contributed by atoms with Crippen LogP contribution in [0.4, 0.5) is 11.4 Å². The summed E-state index contributed by atoms with van der Waals surface area (Å²) in [7, 11) is 0. The molecule has 3 aromatic carbocycles. The SMILES string of the molecule is CCCCCCN(CCCCCC)c1ccc(C#Cc2cc(Br)c(C#Cc3ccc(N(CCCCCC)CCCCCC)cc3)cc2Br)cc1. The lowest BCUT2D eigenvalue weighted by Crippen LogP contribution is -2.25. The topological polar surface area (TPSA) is 6.48 Å². The summed E-state index contributed by atoms with van der Waals surface area (Å²) < 4.78 is 1.91. The molecule has 50 heavy (non-hydrogen) atoms. The van der Waals surface area contributed by atoms with Gasteiger partial charge in [-0.15, -0.1) is 0 Å². The van der Waals surface area contributed by atoms with Crippen molar-refractivity contribution in [1.82, 2.24) is 0 Å². The van der Waals surface area contributed by atoms with E-state index in [2.05, 4.69) is 154 Å². The zero-order valence-electron chi connectivity index (χ0n) is 31.6. The molecule has 0 bridgehead atoms. The number of anilines is 2. The molecule has 0 aromatic heterocycles. The molecule has 2 nitrogen and oxygen atoms in total. The second-order valence-electron chi connectivity index (χ2n) is 13.6. The summed E-state index contributed by atoms with van der Waals surface area (Å²) in [5.41, 5.74) is 6.58. The fourth-order valence-corrected chi connectivity index (χ4v) is 7.07. The molecule has 0 fully saturated rings. The van der Waals surface area contributed by atoms with Crippen LogP contribution >= 0.6 is 31.9 Å². The van der Waals surface area contributed by atoms with Crippen LogP contribution in [-0.2, 0) is 0 Å². The molecule has 0 atom stereocenters. The van der Waals surface area contributed by atoms with Crippen molar-refractivity contribution >= 4 is 43.2 Å². The number of benzene rings is 3. The predicted octanol–water partition coefficient (Wildman–Crippen LogP) is 13.9. The number of nitrogens with zero attached hydrogens (tertiary/aromatic N) is 2. The lowest BCUT2D eigenvalue weighted by molar-refractivity contribution is 0.609. The smallest absolute Gasteiger partial charge is 0.0403 e. The molecule has 0 saturated heterocycles. The van der Waals surface area contributed by atoms with Crippen LogP contribution in [0.5, 0.6) is 0 Å². The van der Waals surface area contributed by atoms with E-state index in [-0.39, 0.29) is 0 Å². The Kier molecular flexibility index (Phi) is 21.1. The van der Waals surface area contributed by atoms with E-state index in [4.69, 9.17) is 0 Å². The van der Waals surface area contributed by atoms with Crippen molar-refractivity contribution in [3.63, 3.8) is 0 Å². The van der Waals surface area contributed by atoms with Crippen LogP contribution in [0.2, 0.25) is 0 Å². The Morgan fingerprint density at radius 3 is 0.980 bits per heavy atom. The molecule has 0 aliphatic rings. The van der Waals surface area contributed by atoms with Crippen LogP contribution in [0.3, 0.4) is 0 Å². The highest BCUT2D eigenvalue weighted by molar-refractivity contribution is 9.11. The molecule has 0 amide bonds. The fraction of sp³-hybridized carbons (Fsp3) is 0.522. The Morgan fingerprint density at radius 1 is 0.400 bits per heavy atom. The molecule has 270 valence electrons. The maximum Gasteiger partial charge on any atom is 0.0403 e. The third kappa shape index (κ3) is 15.7. The largest absolute Gasteiger partial charge is 0.372 e. The third-order valence-corrected chi connectivity index (χ3v) is 10.6. The molecule has 4 heteroatoms. The van der Waals surface area contributed by atoms with Crippen LogP contribution in [0, 0.1) is 23.7 Å². The first-order valence-corrected chi connectivity index (χ1v) is 21.3. The molecule has 0 spiro atoms. The molecule has 0 radical (unpaired) electrons. The van der Waals surface area contributed by atoms with Gasteiger partial charge >= 0.3 is 0 Å². The fourth-order valence-electron chi connectivity index (χ4n) is 6.19. The van der Waals surface area contributed by atoms with E-state index in [0.29, 0.717) is 0 Å². The second-order valence-corrected chi connectivity index (χ2v) is 15.3. The normalized spacial score (nSPS) is 10.7. The van der Waals surface area contributed by atoms with E-state index >= 15 is 0 Å². The van der Waals surface area contributed by atoms with Gasteiger partial charge in [-0.1, -0.05) is 128 Å². The van der Waals surface area contributed by atoms with Crippen molar-refractivity contribution < 1.29 is 0 Å². The van der Waals surface area contributed by atoms with Crippen molar-refractivity contribution in [2.75, 3.05) is 36.0 Å². The van der Waals surface area contributed by atoms with Gasteiger partial charge in [-0.25, -0.2) is 0 Å². The van der Waals surface area contributed by atoms with Gasteiger partial charge in [0.15, 0.2) is 0 Å². The number of rotatable bonds is 22. The first-order chi connectivity index (χ1) is 24.5. The monoisotopic (exact) mass is 800 g/mol. The lowest BCUT2D eigenvalue weighted by Gasteiger charge is -2.25. The van der Waals surface area contributed by atoms with Gasteiger partial charge in [0.2, 0.25) is 0 Å². The molecule has 0 heterocycles. The van der Waals surface area contributed by atoms with Gasteiger partial charge in [0.05, 0.1) is 0 Å². The average molecular weight is 803 g/mol. The molecule has 3 aromatic rings. The van der Waals surface area contributed by atoms with Crippen molar-refractivity contribution in [2.24, 2.45) is 0 Å². The molecule has 0 aliphatic heterocycles. The minimum absolute atomic E-state index is 0.947. The highest BCUT2D eigenvalue weighted by Gasteiger charge is 2.09. The minimum atomic E-state index is 0.947. The summed E-state index contributed by atoms with van der Waals surface area (Å²) >= 11 is 7.53. The van der Waals surface area contributed by atoms with Crippen LogP contribution in [0.1, 0.15) is 153 Å². The molecule has 3 rings (SSSR count). The lowest BCUT2D eigenvalue weighted by atomic mass is 10.1. The standard InChI is InChI=1S/C46H62Br2N2/c1-5-9-13-17-33-49(34-18-14-10-6-2)43-29-23-39(24-30-43)21-27-41-37-46(48)42(38-45(41)47)28-22-40-25-31-44(32-26-40)50(35-19-15-11-7-3)36-20-16-12-8-4/h23-26,29-32,37-38H,5-20,33-36H2,1-4H3. The van der Waals surface area contributed by atoms with E-state index in [0.717, 1.165) is 57.4 Å². The van der Waals surface area contributed by atoms with Crippen LogP contribution < -0.4 is 9.80 Å². The van der Waals surface area contributed by atoms with Crippen LogP contribution in [0.25, 0.3) is 0 Å². The highest BCUT2D eigenvalue weighted by Crippen LogP contribution is 2.26. The van der Waals surface area contributed by atoms with Gasteiger partial charge in [0.1, 0.15) is 0 Å². The van der Waals surface area contributed by atoms with Crippen molar-refractivity contribution in [3.05, 3.63) is 91.9 Å². The zero-order valence-corrected chi connectivity index (χ0v) is 34.7. The second kappa shape index (κ2) is 25.3. The van der Waals surface area contributed by atoms with Crippen LogP contribution in [-0.4, -0.2) is 26.2 Å². The molecular weight excluding hydrogens is 740 g/mol. The van der Waals surface area contributed by atoms with Gasteiger partial charge in [-0.05, 0) is 118 Å². The van der Waals surface area contributed by atoms with E-state index in [1.165, 1.54) is 114 Å². The average Bonchev–Trinajstić information content (AvgIpc) is 3.13. The van der Waals surface area contributed by atoms with Gasteiger partial charge in [-0.2, -0.15) is 0 Å². The zero-order chi connectivity index (χ0) is 35.8. The Bertz CT molecular complexity index is 1350. The van der Waals surface area contributed by atoms with Crippen LogP contribution in [0.15, 0.2) is 69.6 Å². The predicted molar refractivity (Wildman–Crippen MR) is 228 cm³/mol. The maximum absolute atomic E-state index is 3.76. The summed E-state index contributed by atoms with van der Waals surface area (Å²) in [4.78, 5) is 5.15. The summed E-state index contributed by atoms with van der Waals surface area (Å²) in [5, 5.41) is 0. The Hall–Kier alpha value is -2.66. The molecular formula is C46H62Br2N2. The maximum atomic E-state index is 3.76. The van der Waals surface area contributed by atoms with Gasteiger partial charge < -0.3 is 9.80 Å². The van der Waals surface area contributed by atoms with E-state index in [1.54, 1.807) is 0 Å². The number of unbranched alkanes of at least 4 members (excludes halogenated alkanes) is 12. The van der Waals surface area contributed by atoms with Crippen molar-refractivity contribution in [1.29, 1.82) is 0 Å². The third-order valence-electron chi connectivity index (χ3n) is 9.33. The van der Waals surface area contributed by atoms with Crippen molar-refractivity contribution in [2.45, 2.75) is 130 Å². The van der Waals surface area contributed by atoms with Crippen molar-refractivity contribution in [3.8, 4) is 23.7 Å². The molecule has 0 aliphatic carbocycles. The van der Waals surface area contributed by atoms with E-state index < -0.39 is 0 Å². The van der Waals surface area contributed by atoms with Gasteiger partial charge in [0, 0.05) is 68.8 Å². The summed E-state index contributed by atoms with van der Waals surface area (Å²) in [6, 6.07) is 21.8. The van der Waals surface area contributed by atoms with E-state index in [1.807, 2.05) is 0 Å². The summed E-state index contributed by atoms with van der Waals surface area (Å²) in [5.74, 6) is 13.5. The minimum Gasteiger partial charge on any atom is -0.372 e. The number of hydrogen-bond acceptors (Lipinski definition) is 2.